The van der Waals surface area contributed by atoms with Crippen LogP contribution in [0, 0.1) is 0 Å². The van der Waals surface area contributed by atoms with Gasteiger partial charge in [0.25, 0.3) is 5.56 Å². The normalized spacial score (nSPS) is 15.1. The van der Waals surface area contributed by atoms with Gasteiger partial charge in [0.1, 0.15) is 5.69 Å². The number of hydrogen-bond acceptors (Lipinski definition) is 4. The minimum Gasteiger partial charge on any atom is -0.268 e. The van der Waals surface area contributed by atoms with Crippen LogP contribution in [-0.2, 0) is 0 Å². The maximum absolute atomic E-state index is 12.5. The van der Waals surface area contributed by atoms with E-state index in [1.807, 2.05) is 41.0 Å². The highest BCUT2D eigenvalue weighted by Gasteiger charge is 2.21. The van der Waals surface area contributed by atoms with Gasteiger partial charge in [-0.2, -0.15) is 10.2 Å². The summed E-state index contributed by atoms with van der Waals surface area (Å²) in [5.41, 5.74) is 4.36. The summed E-state index contributed by atoms with van der Waals surface area (Å²) in [6, 6.07) is 13.7. The van der Waals surface area contributed by atoms with E-state index in [0.717, 1.165) is 53.7 Å². The Labute approximate surface area is 162 Å². The molecule has 4 aromatic rings. The van der Waals surface area contributed by atoms with Crippen molar-refractivity contribution < 1.29 is 0 Å². The summed E-state index contributed by atoms with van der Waals surface area (Å²) in [4.78, 5) is 16.8. The number of nitrogens with zero attached hydrogens (tertiary/aromatic N) is 5. The van der Waals surface area contributed by atoms with Gasteiger partial charge in [0, 0.05) is 24.0 Å². The molecule has 28 heavy (non-hydrogen) atoms. The number of rotatable bonds is 3. The molecule has 6 nitrogen and oxygen atoms in total. The first-order valence-electron chi connectivity index (χ1n) is 9.79. The third-order valence-electron chi connectivity index (χ3n) is 5.49. The Hall–Kier alpha value is -3.28. The van der Waals surface area contributed by atoms with Crippen LogP contribution in [0.5, 0.6) is 0 Å². The Balaban J connectivity index is 1.72. The van der Waals surface area contributed by atoms with Crippen molar-refractivity contribution in [3.63, 3.8) is 0 Å². The van der Waals surface area contributed by atoms with Crippen molar-refractivity contribution in [2.75, 3.05) is 0 Å². The van der Waals surface area contributed by atoms with Crippen LogP contribution >= 0.6 is 0 Å². The van der Waals surface area contributed by atoms with Gasteiger partial charge < -0.3 is 0 Å². The summed E-state index contributed by atoms with van der Waals surface area (Å²) >= 11 is 0. The van der Waals surface area contributed by atoms with Crippen molar-refractivity contribution in [3.05, 3.63) is 71.4 Å². The Morgan fingerprint density at radius 1 is 0.929 bits per heavy atom. The second-order valence-electron chi connectivity index (χ2n) is 7.29. The van der Waals surface area contributed by atoms with E-state index in [-0.39, 0.29) is 11.6 Å². The maximum atomic E-state index is 12.5. The molecule has 6 heteroatoms. The highest BCUT2D eigenvalue weighted by Crippen LogP contribution is 2.34. The average molecular weight is 371 g/mol. The van der Waals surface area contributed by atoms with Crippen molar-refractivity contribution >= 4 is 5.52 Å². The van der Waals surface area contributed by atoms with Crippen LogP contribution in [0.2, 0.25) is 0 Å². The molecule has 0 unspecified atom stereocenters. The largest absolute Gasteiger partial charge is 0.268 e. The lowest BCUT2D eigenvalue weighted by atomic mass is 9.95. The molecule has 1 fully saturated rings. The van der Waals surface area contributed by atoms with Crippen molar-refractivity contribution in [2.45, 2.75) is 38.1 Å². The molecule has 0 saturated heterocycles. The lowest BCUT2D eigenvalue weighted by Gasteiger charge is -2.23. The average Bonchev–Trinajstić information content (AvgIpc) is 3.15. The third-order valence-corrected chi connectivity index (χ3v) is 5.49. The van der Waals surface area contributed by atoms with Crippen LogP contribution < -0.4 is 5.56 Å². The zero-order valence-corrected chi connectivity index (χ0v) is 15.5. The molecule has 0 aliphatic heterocycles. The van der Waals surface area contributed by atoms with Gasteiger partial charge in [-0.1, -0.05) is 49.6 Å². The van der Waals surface area contributed by atoms with Gasteiger partial charge in [-0.25, -0.2) is 9.20 Å². The van der Waals surface area contributed by atoms with Crippen LogP contribution in [0.1, 0.15) is 38.1 Å². The molecule has 1 aliphatic carbocycles. The molecule has 0 bridgehead atoms. The molecule has 0 amide bonds. The molecule has 0 radical (unpaired) electrons. The van der Waals surface area contributed by atoms with Gasteiger partial charge in [0.2, 0.25) is 0 Å². The molecule has 140 valence electrons. The number of aromatic nitrogens is 5. The van der Waals surface area contributed by atoms with Crippen molar-refractivity contribution in [2.24, 2.45) is 0 Å². The van der Waals surface area contributed by atoms with Gasteiger partial charge in [0.15, 0.2) is 0 Å². The van der Waals surface area contributed by atoms with Gasteiger partial charge >= 0.3 is 0 Å². The molecule has 0 spiro atoms. The minimum absolute atomic E-state index is 0.0356. The summed E-state index contributed by atoms with van der Waals surface area (Å²) in [6.07, 6.45) is 10.9. The maximum Gasteiger partial charge on any atom is 0.267 e. The van der Waals surface area contributed by atoms with Crippen LogP contribution in [0.3, 0.4) is 0 Å². The highest BCUT2D eigenvalue weighted by molar-refractivity contribution is 5.90. The lowest BCUT2D eigenvalue weighted by Crippen LogP contribution is -2.28. The minimum atomic E-state index is -0.0356. The molecule has 3 aromatic heterocycles. The van der Waals surface area contributed by atoms with Gasteiger partial charge in [0.05, 0.1) is 29.0 Å². The Morgan fingerprint density at radius 2 is 1.75 bits per heavy atom. The summed E-state index contributed by atoms with van der Waals surface area (Å²) in [5, 5.41) is 9.57. The van der Waals surface area contributed by atoms with Crippen LogP contribution in [0.15, 0.2) is 65.8 Å². The van der Waals surface area contributed by atoms with Crippen molar-refractivity contribution in [1.29, 1.82) is 0 Å². The van der Waals surface area contributed by atoms with Crippen LogP contribution in [0.4, 0.5) is 0 Å². The van der Waals surface area contributed by atoms with E-state index in [9.17, 15) is 4.79 Å². The molecular weight excluding hydrogens is 350 g/mol. The second-order valence-corrected chi connectivity index (χ2v) is 7.29. The quantitative estimate of drug-likeness (QED) is 0.543. The number of fused-ring (bicyclic) bond motifs is 1. The second kappa shape index (κ2) is 7.03. The topological polar surface area (TPSA) is 65.1 Å². The molecule has 1 aromatic carbocycles. The van der Waals surface area contributed by atoms with Crippen LogP contribution in [-0.4, -0.2) is 24.4 Å². The summed E-state index contributed by atoms with van der Waals surface area (Å²) < 4.78 is 3.51. The lowest BCUT2D eigenvalue weighted by molar-refractivity contribution is 0.319. The number of benzene rings is 1. The van der Waals surface area contributed by atoms with E-state index < -0.39 is 0 Å². The summed E-state index contributed by atoms with van der Waals surface area (Å²) in [6.45, 7) is 0. The molecule has 1 aliphatic rings. The van der Waals surface area contributed by atoms with E-state index in [1.54, 1.807) is 29.2 Å². The molecule has 5 rings (SSSR count). The SMILES string of the molecule is O=c1ccc(-c2c(-c3ccccc3)nn3ccncc23)nn1C1CCCCC1. The molecule has 0 N–H and O–H groups in total. The monoisotopic (exact) mass is 371 g/mol. The molecule has 0 atom stereocenters. The van der Waals surface area contributed by atoms with E-state index in [2.05, 4.69) is 4.98 Å². The van der Waals surface area contributed by atoms with Gasteiger partial charge in [-0.05, 0) is 18.9 Å². The first-order chi connectivity index (χ1) is 13.8. The van der Waals surface area contributed by atoms with Gasteiger partial charge in [-0.3, -0.25) is 9.78 Å². The molecule has 1 saturated carbocycles. The van der Waals surface area contributed by atoms with E-state index >= 15 is 0 Å². The standard InChI is InChI=1S/C22H21N5O/c28-20-12-11-18(24-27(20)17-9-5-2-6-10-17)21-19-15-23-13-14-26(19)25-22(21)16-7-3-1-4-8-16/h1,3-4,7-8,11-15,17H,2,5-6,9-10H2. The fraction of sp³-hybridized carbons (Fsp3) is 0.273. The predicted molar refractivity (Wildman–Crippen MR) is 108 cm³/mol. The highest BCUT2D eigenvalue weighted by atomic mass is 16.1. The molecule has 3 heterocycles. The first-order valence-corrected chi connectivity index (χ1v) is 9.79. The smallest absolute Gasteiger partial charge is 0.267 e. The van der Waals surface area contributed by atoms with Crippen molar-refractivity contribution in [1.82, 2.24) is 24.4 Å². The zero-order valence-electron chi connectivity index (χ0n) is 15.5. The molecular formula is C22H21N5O. The Kier molecular flexibility index (Phi) is 4.24. The van der Waals surface area contributed by atoms with Crippen LogP contribution in [0.25, 0.3) is 28.0 Å². The Morgan fingerprint density at radius 3 is 2.57 bits per heavy atom. The fourth-order valence-corrected chi connectivity index (χ4v) is 4.10. The first kappa shape index (κ1) is 16.9. The Bertz CT molecular complexity index is 1170. The van der Waals surface area contributed by atoms with E-state index in [0.29, 0.717) is 0 Å². The summed E-state index contributed by atoms with van der Waals surface area (Å²) in [7, 11) is 0. The third kappa shape index (κ3) is 2.91. The summed E-state index contributed by atoms with van der Waals surface area (Å²) in [5.74, 6) is 0. The van der Waals surface area contributed by atoms with E-state index in [4.69, 9.17) is 10.2 Å². The van der Waals surface area contributed by atoms with Gasteiger partial charge in [-0.15, -0.1) is 0 Å². The fourth-order valence-electron chi connectivity index (χ4n) is 4.10. The van der Waals surface area contributed by atoms with Crippen molar-refractivity contribution in [3.8, 4) is 22.5 Å². The number of hydrogen-bond donors (Lipinski definition) is 0. The predicted octanol–water partition coefficient (Wildman–Crippen LogP) is 4.13. The van der Waals surface area contributed by atoms with E-state index in [1.165, 1.54) is 6.42 Å². The zero-order chi connectivity index (χ0) is 18.9.